The van der Waals surface area contributed by atoms with Crippen molar-refractivity contribution in [1.82, 2.24) is 4.90 Å². The molecule has 4 nitrogen and oxygen atoms in total. The number of nitrogens with zero attached hydrogens (tertiary/aromatic N) is 1. The van der Waals surface area contributed by atoms with Crippen LogP contribution in [0, 0.1) is 12.7 Å². The highest BCUT2D eigenvalue weighted by Gasteiger charge is 2.49. The minimum atomic E-state index is -1.10. The Morgan fingerprint density at radius 1 is 1.28 bits per heavy atom. The number of carbonyl (C=O) groups excluding carboxylic acids is 1. The zero-order chi connectivity index (χ0) is 18.4. The lowest BCUT2D eigenvalue weighted by Crippen LogP contribution is -2.59. The first-order valence-corrected chi connectivity index (χ1v) is 9.10. The van der Waals surface area contributed by atoms with Crippen LogP contribution in [-0.4, -0.2) is 33.8 Å². The first-order chi connectivity index (χ1) is 11.6. The van der Waals surface area contributed by atoms with Gasteiger partial charge in [-0.1, -0.05) is 12.1 Å². The standard InChI is InChI=1S/C20H28FNO3/c1-13-16(9-6-10-17(13)21)20(24)11-14-7-5-8-15(12-20)22(14)18(23)25-19(2,3)4/h6,9-10,14-15,24H,5,7-8,11-12H2,1-4H3. The highest BCUT2D eigenvalue weighted by atomic mass is 19.1. The number of piperidine rings is 2. The van der Waals surface area contributed by atoms with E-state index in [2.05, 4.69) is 0 Å². The molecular weight excluding hydrogens is 321 g/mol. The average Bonchev–Trinajstić information content (AvgIpc) is 2.47. The van der Waals surface area contributed by atoms with Crippen molar-refractivity contribution in [1.29, 1.82) is 0 Å². The molecule has 2 unspecified atom stereocenters. The van der Waals surface area contributed by atoms with Gasteiger partial charge in [0.15, 0.2) is 0 Å². The lowest BCUT2D eigenvalue weighted by Gasteiger charge is -2.52. The maximum Gasteiger partial charge on any atom is 0.410 e. The van der Waals surface area contributed by atoms with Gasteiger partial charge in [0.2, 0.25) is 0 Å². The first kappa shape index (κ1) is 18.2. The number of hydrogen-bond acceptors (Lipinski definition) is 3. The third-order valence-electron chi connectivity index (χ3n) is 5.38. The Kier molecular flexibility index (Phi) is 4.56. The third-order valence-corrected chi connectivity index (χ3v) is 5.38. The van der Waals surface area contributed by atoms with Gasteiger partial charge in [-0.25, -0.2) is 9.18 Å². The molecule has 25 heavy (non-hydrogen) atoms. The van der Waals surface area contributed by atoms with Gasteiger partial charge >= 0.3 is 6.09 Å². The fourth-order valence-electron chi connectivity index (χ4n) is 4.37. The molecule has 2 heterocycles. The summed E-state index contributed by atoms with van der Waals surface area (Å²) >= 11 is 0. The molecule has 5 heteroatoms. The van der Waals surface area contributed by atoms with E-state index in [1.165, 1.54) is 6.07 Å². The molecule has 138 valence electrons. The van der Waals surface area contributed by atoms with Crippen molar-refractivity contribution in [3.63, 3.8) is 0 Å². The molecule has 3 rings (SSSR count). The number of hydrogen-bond donors (Lipinski definition) is 1. The first-order valence-electron chi connectivity index (χ1n) is 9.10. The zero-order valence-corrected chi connectivity index (χ0v) is 15.5. The molecule has 2 bridgehead atoms. The van der Waals surface area contributed by atoms with E-state index < -0.39 is 11.2 Å². The number of aliphatic hydroxyl groups is 1. The lowest BCUT2D eigenvalue weighted by atomic mass is 9.71. The number of halogens is 1. The minimum absolute atomic E-state index is 0.0741. The monoisotopic (exact) mass is 349 g/mol. The Bertz CT molecular complexity index is 653. The lowest BCUT2D eigenvalue weighted by molar-refractivity contribution is -0.0968. The molecule has 2 saturated heterocycles. The van der Waals surface area contributed by atoms with E-state index in [-0.39, 0.29) is 24.0 Å². The van der Waals surface area contributed by atoms with E-state index in [0.29, 0.717) is 24.0 Å². The van der Waals surface area contributed by atoms with Crippen molar-refractivity contribution < 1.29 is 19.0 Å². The smallest absolute Gasteiger partial charge is 0.410 e. The highest BCUT2D eigenvalue weighted by molar-refractivity contribution is 5.69. The molecule has 2 fully saturated rings. The second-order valence-corrected chi connectivity index (χ2v) is 8.48. The quantitative estimate of drug-likeness (QED) is 0.823. The van der Waals surface area contributed by atoms with Crippen LogP contribution in [0.25, 0.3) is 0 Å². The molecule has 1 amide bonds. The van der Waals surface area contributed by atoms with E-state index in [9.17, 15) is 14.3 Å². The van der Waals surface area contributed by atoms with Crippen LogP contribution in [0.5, 0.6) is 0 Å². The van der Waals surface area contributed by atoms with Gasteiger partial charge in [-0.3, -0.25) is 0 Å². The highest BCUT2D eigenvalue weighted by Crippen LogP contribution is 2.45. The number of fused-ring (bicyclic) bond motifs is 2. The molecule has 0 spiro atoms. The van der Waals surface area contributed by atoms with Crippen LogP contribution < -0.4 is 0 Å². The van der Waals surface area contributed by atoms with Crippen molar-refractivity contribution in [2.24, 2.45) is 0 Å². The fourth-order valence-corrected chi connectivity index (χ4v) is 4.37. The van der Waals surface area contributed by atoms with Crippen molar-refractivity contribution >= 4 is 6.09 Å². The van der Waals surface area contributed by atoms with Crippen LogP contribution in [-0.2, 0) is 10.3 Å². The Hall–Kier alpha value is -1.62. The Labute approximate surface area is 149 Å². The molecule has 0 radical (unpaired) electrons. The van der Waals surface area contributed by atoms with Crippen LogP contribution in [0.2, 0.25) is 0 Å². The summed E-state index contributed by atoms with van der Waals surface area (Å²) < 4.78 is 19.6. The summed E-state index contributed by atoms with van der Waals surface area (Å²) in [6.45, 7) is 7.28. The topological polar surface area (TPSA) is 49.8 Å². The number of carbonyl (C=O) groups is 1. The van der Waals surface area contributed by atoms with E-state index in [0.717, 1.165) is 19.3 Å². The van der Waals surface area contributed by atoms with Gasteiger partial charge < -0.3 is 14.7 Å². The second kappa shape index (κ2) is 6.27. The largest absolute Gasteiger partial charge is 0.444 e. The fraction of sp³-hybridized carbons (Fsp3) is 0.650. The Balaban J connectivity index is 1.88. The van der Waals surface area contributed by atoms with E-state index in [4.69, 9.17) is 4.74 Å². The SMILES string of the molecule is Cc1c(F)cccc1C1(O)CC2CCCC(C1)N2C(=O)OC(C)(C)C. The third kappa shape index (κ3) is 3.52. The van der Waals surface area contributed by atoms with Gasteiger partial charge in [-0.15, -0.1) is 0 Å². The number of rotatable bonds is 1. The molecule has 1 aromatic carbocycles. The molecule has 2 aliphatic rings. The normalized spacial score (nSPS) is 29.4. The van der Waals surface area contributed by atoms with Crippen molar-refractivity contribution in [3.8, 4) is 0 Å². The predicted molar refractivity (Wildman–Crippen MR) is 93.8 cm³/mol. The molecule has 0 aliphatic carbocycles. The van der Waals surface area contributed by atoms with E-state index in [1.54, 1.807) is 19.1 Å². The van der Waals surface area contributed by atoms with E-state index in [1.807, 2.05) is 25.7 Å². The second-order valence-electron chi connectivity index (χ2n) is 8.48. The summed E-state index contributed by atoms with van der Waals surface area (Å²) in [6, 6.07) is 4.71. The maximum absolute atomic E-state index is 14.0. The average molecular weight is 349 g/mol. The molecule has 1 aromatic rings. The molecule has 2 atom stereocenters. The Morgan fingerprint density at radius 2 is 1.88 bits per heavy atom. The van der Waals surface area contributed by atoms with Gasteiger partial charge in [0.05, 0.1) is 5.60 Å². The molecule has 2 aliphatic heterocycles. The van der Waals surface area contributed by atoms with Crippen LogP contribution in [0.1, 0.15) is 64.0 Å². The van der Waals surface area contributed by atoms with Crippen LogP contribution in [0.3, 0.4) is 0 Å². The van der Waals surface area contributed by atoms with Gasteiger partial charge in [0.25, 0.3) is 0 Å². The summed E-state index contributed by atoms with van der Waals surface area (Å²) in [6.07, 6.45) is 3.26. The van der Waals surface area contributed by atoms with E-state index >= 15 is 0 Å². The number of amides is 1. The number of benzene rings is 1. The van der Waals surface area contributed by atoms with Gasteiger partial charge in [0.1, 0.15) is 11.4 Å². The van der Waals surface area contributed by atoms with Crippen molar-refractivity contribution in [3.05, 3.63) is 35.1 Å². The molecular formula is C20H28FNO3. The summed E-state index contributed by atoms with van der Waals surface area (Å²) in [5, 5.41) is 11.3. The minimum Gasteiger partial charge on any atom is -0.444 e. The van der Waals surface area contributed by atoms with Crippen LogP contribution in [0.15, 0.2) is 18.2 Å². The predicted octanol–water partition coefficient (Wildman–Crippen LogP) is 4.27. The van der Waals surface area contributed by atoms with Gasteiger partial charge in [-0.2, -0.15) is 0 Å². The van der Waals surface area contributed by atoms with Crippen LogP contribution in [0.4, 0.5) is 9.18 Å². The number of ether oxygens (including phenoxy) is 1. The Morgan fingerprint density at radius 3 is 2.44 bits per heavy atom. The van der Waals surface area contributed by atoms with Crippen molar-refractivity contribution in [2.75, 3.05) is 0 Å². The van der Waals surface area contributed by atoms with Gasteiger partial charge in [-0.05, 0) is 64.2 Å². The zero-order valence-electron chi connectivity index (χ0n) is 15.5. The summed E-state index contributed by atoms with van der Waals surface area (Å²) in [4.78, 5) is 14.5. The summed E-state index contributed by atoms with van der Waals surface area (Å²) in [5.41, 5.74) is -0.499. The maximum atomic E-state index is 14.0. The van der Waals surface area contributed by atoms with Crippen LogP contribution >= 0.6 is 0 Å². The van der Waals surface area contributed by atoms with Gasteiger partial charge in [0, 0.05) is 24.9 Å². The molecule has 1 N–H and O–H groups in total. The molecule has 0 saturated carbocycles. The molecule has 0 aromatic heterocycles. The van der Waals surface area contributed by atoms with Crippen molar-refractivity contribution in [2.45, 2.75) is 83.1 Å². The summed E-state index contributed by atoms with van der Waals surface area (Å²) in [5.74, 6) is -0.300. The summed E-state index contributed by atoms with van der Waals surface area (Å²) in [7, 11) is 0.